The van der Waals surface area contributed by atoms with E-state index in [0.717, 1.165) is 11.1 Å². The molecule has 1 saturated heterocycles. The van der Waals surface area contributed by atoms with Crippen molar-refractivity contribution >= 4 is 23.2 Å². The molecule has 3 heterocycles. The van der Waals surface area contributed by atoms with E-state index in [1.807, 2.05) is 27.3 Å². The van der Waals surface area contributed by atoms with Gasteiger partial charge in [0, 0.05) is 26.2 Å². The standard InChI is InChI=1S/C14H15FN4O2S/c1-21-12-10(15)9-16-14(17-12)19-6-4-18(5-7-19)13(20)11-3-2-8-22-11/h2-3,8-9H,4-7H2,1H3. The molecule has 116 valence electrons. The zero-order valence-corrected chi connectivity index (χ0v) is 12.8. The Hall–Kier alpha value is -2.22. The summed E-state index contributed by atoms with van der Waals surface area (Å²) in [5.74, 6) is -0.187. The molecule has 0 radical (unpaired) electrons. The summed E-state index contributed by atoms with van der Waals surface area (Å²) in [6.45, 7) is 2.37. The predicted octanol–water partition coefficient (Wildman–Crippen LogP) is 1.65. The topological polar surface area (TPSA) is 58.6 Å². The fourth-order valence-corrected chi connectivity index (χ4v) is 2.99. The molecule has 0 aliphatic carbocycles. The third-order valence-electron chi connectivity index (χ3n) is 3.47. The molecule has 0 aromatic carbocycles. The summed E-state index contributed by atoms with van der Waals surface area (Å²) in [4.78, 5) is 24.8. The maximum Gasteiger partial charge on any atom is 0.264 e. The molecule has 2 aromatic rings. The van der Waals surface area contributed by atoms with Crippen molar-refractivity contribution < 1.29 is 13.9 Å². The number of amides is 1. The number of carbonyl (C=O) groups is 1. The van der Waals surface area contributed by atoms with Crippen molar-refractivity contribution in [3.05, 3.63) is 34.4 Å². The van der Waals surface area contributed by atoms with Crippen LogP contribution in [0.5, 0.6) is 5.88 Å². The number of methoxy groups -OCH3 is 1. The maximum atomic E-state index is 13.3. The van der Waals surface area contributed by atoms with Crippen LogP contribution in [0.15, 0.2) is 23.7 Å². The molecule has 3 rings (SSSR count). The quantitative estimate of drug-likeness (QED) is 0.860. The minimum absolute atomic E-state index is 0.0484. The van der Waals surface area contributed by atoms with Crippen molar-refractivity contribution in [2.45, 2.75) is 0 Å². The SMILES string of the molecule is COc1nc(N2CCN(C(=O)c3cccs3)CC2)ncc1F. The number of piperazine rings is 1. The number of hydrogen-bond acceptors (Lipinski definition) is 6. The van der Waals surface area contributed by atoms with Gasteiger partial charge in [0.15, 0.2) is 0 Å². The highest BCUT2D eigenvalue weighted by atomic mass is 32.1. The Balaban J connectivity index is 1.65. The van der Waals surface area contributed by atoms with Crippen molar-refractivity contribution in [3.8, 4) is 5.88 Å². The van der Waals surface area contributed by atoms with Crippen LogP contribution < -0.4 is 9.64 Å². The van der Waals surface area contributed by atoms with Crippen LogP contribution >= 0.6 is 11.3 Å². The molecule has 0 bridgehead atoms. The van der Waals surface area contributed by atoms with Crippen LogP contribution in [0.3, 0.4) is 0 Å². The molecule has 2 aromatic heterocycles. The molecule has 22 heavy (non-hydrogen) atoms. The van der Waals surface area contributed by atoms with Gasteiger partial charge < -0.3 is 14.5 Å². The second-order valence-electron chi connectivity index (χ2n) is 4.78. The molecule has 1 aliphatic rings. The molecule has 8 heteroatoms. The van der Waals surface area contributed by atoms with Gasteiger partial charge in [0.2, 0.25) is 11.8 Å². The van der Waals surface area contributed by atoms with Crippen LogP contribution in [-0.2, 0) is 0 Å². The number of thiophene rings is 1. The van der Waals surface area contributed by atoms with E-state index in [1.165, 1.54) is 18.4 Å². The van der Waals surface area contributed by atoms with E-state index in [1.54, 1.807) is 0 Å². The van der Waals surface area contributed by atoms with Gasteiger partial charge in [-0.05, 0) is 11.4 Å². The van der Waals surface area contributed by atoms with Gasteiger partial charge in [-0.2, -0.15) is 9.37 Å². The van der Waals surface area contributed by atoms with Crippen LogP contribution in [-0.4, -0.2) is 54.1 Å². The average Bonchev–Trinajstić information content (AvgIpc) is 3.09. The summed E-state index contributed by atoms with van der Waals surface area (Å²) in [5, 5.41) is 1.89. The molecule has 0 saturated carbocycles. The molecule has 1 amide bonds. The van der Waals surface area contributed by atoms with E-state index in [4.69, 9.17) is 4.74 Å². The molecule has 0 atom stereocenters. The number of nitrogens with zero attached hydrogens (tertiary/aromatic N) is 4. The van der Waals surface area contributed by atoms with E-state index in [0.29, 0.717) is 32.1 Å². The highest BCUT2D eigenvalue weighted by molar-refractivity contribution is 7.12. The summed E-state index contributed by atoms with van der Waals surface area (Å²) < 4.78 is 18.2. The van der Waals surface area contributed by atoms with Crippen LogP contribution in [0.1, 0.15) is 9.67 Å². The second kappa shape index (κ2) is 6.27. The number of halogens is 1. The van der Waals surface area contributed by atoms with E-state index in [2.05, 4.69) is 9.97 Å². The molecule has 0 spiro atoms. The first-order chi connectivity index (χ1) is 10.7. The Kier molecular flexibility index (Phi) is 4.19. The molecular weight excluding hydrogens is 307 g/mol. The first-order valence-electron chi connectivity index (χ1n) is 6.83. The maximum absolute atomic E-state index is 13.3. The summed E-state index contributed by atoms with van der Waals surface area (Å²) in [5.41, 5.74) is 0. The largest absolute Gasteiger partial charge is 0.479 e. The van der Waals surface area contributed by atoms with Crippen molar-refractivity contribution in [1.82, 2.24) is 14.9 Å². The number of hydrogen-bond donors (Lipinski definition) is 0. The van der Waals surface area contributed by atoms with E-state index >= 15 is 0 Å². The van der Waals surface area contributed by atoms with Gasteiger partial charge in [-0.15, -0.1) is 11.3 Å². The molecule has 0 N–H and O–H groups in total. The Morgan fingerprint density at radius 1 is 1.36 bits per heavy atom. The lowest BCUT2D eigenvalue weighted by molar-refractivity contribution is 0.0751. The molecular formula is C14H15FN4O2S. The molecule has 1 aliphatic heterocycles. The van der Waals surface area contributed by atoms with Crippen LogP contribution in [0, 0.1) is 5.82 Å². The highest BCUT2D eigenvalue weighted by Gasteiger charge is 2.24. The first-order valence-corrected chi connectivity index (χ1v) is 7.71. The monoisotopic (exact) mass is 322 g/mol. The van der Waals surface area contributed by atoms with Gasteiger partial charge in [0.25, 0.3) is 11.8 Å². The van der Waals surface area contributed by atoms with Crippen LogP contribution in [0.2, 0.25) is 0 Å². The zero-order valence-electron chi connectivity index (χ0n) is 12.0. The Bertz CT molecular complexity index is 657. The lowest BCUT2D eigenvalue weighted by Gasteiger charge is -2.34. The molecule has 1 fully saturated rings. The highest BCUT2D eigenvalue weighted by Crippen LogP contribution is 2.19. The third-order valence-corrected chi connectivity index (χ3v) is 4.33. The minimum Gasteiger partial charge on any atom is -0.479 e. The Morgan fingerprint density at radius 2 is 2.14 bits per heavy atom. The first kappa shape index (κ1) is 14.7. The number of aromatic nitrogens is 2. The van der Waals surface area contributed by atoms with E-state index in [9.17, 15) is 9.18 Å². The molecule has 0 unspecified atom stereocenters. The van der Waals surface area contributed by atoms with Gasteiger partial charge in [0.05, 0.1) is 18.2 Å². The van der Waals surface area contributed by atoms with Crippen LogP contribution in [0.4, 0.5) is 10.3 Å². The average molecular weight is 322 g/mol. The van der Waals surface area contributed by atoms with Gasteiger partial charge in [-0.1, -0.05) is 6.07 Å². The van der Waals surface area contributed by atoms with Crippen LogP contribution in [0.25, 0.3) is 0 Å². The number of anilines is 1. The summed E-state index contributed by atoms with van der Waals surface area (Å²) in [6, 6.07) is 3.69. The van der Waals surface area contributed by atoms with Crippen molar-refractivity contribution in [2.24, 2.45) is 0 Å². The summed E-state index contributed by atoms with van der Waals surface area (Å²) >= 11 is 1.44. The summed E-state index contributed by atoms with van der Waals surface area (Å²) in [7, 11) is 1.37. The summed E-state index contributed by atoms with van der Waals surface area (Å²) in [6.07, 6.45) is 1.10. The molecule has 6 nitrogen and oxygen atoms in total. The lowest BCUT2D eigenvalue weighted by Crippen LogP contribution is -2.49. The number of rotatable bonds is 3. The lowest BCUT2D eigenvalue weighted by atomic mass is 10.3. The van der Waals surface area contributed by atoms with Crippen molar-refractivity contribution in [1.29, 1.82) is 0 Å². The van der Waals surface area contributed by atoms with Gasteiger partial charge in [0.1, 0.15) is 0 Å². The van der Waals surface area contributed by atoms with Gasteiger partial charge in [-0.25, -0.2) is 4.98 Å². The van der Waals surface area contributed by atoms with Crippen molar-refractivity contribution in [3.63, 3.8) is 0 Å². The Labute approximate surface area is 131 Å². The fraction of sp³-hybridized carbons (Fsp3) is 0.357. The van der Waals surface area contributed by atoms with Crippen molar-refractivity contribution in [2.75, 3.05) is 38.2 Å². The van der Waals surface area contributed by atoms with Gasteiger partial charge in [-0.3, -0.25) is 4.79 Å². The van der Waals surface area contributed by atoms with Gasteiger partial charge >= 0.3 is 0 Å². The Morgan fingerprint density at radius 3 is 2.77 bits per heavy atom. The smallest absolute Gasteiger partial charge is 0.264 e. The predicted molar refractivity (Wildman–Crippen MR) is 81.0 cm³/mol. The van der Waals surface area contributed by atoms with E-state index in [-0.39, 0.29) is 11.8 Å². The van der Waals surface area contributed by atoms with E-state index < -0.39 is 5.82 Å². The normalized spacial score (nSPS) is 15.0. The fourth-order valence-electron chi connectivity index (χ4n) is 2.30. The third kappa shape index (κ3) is 2.87. The second-order valence-corrected chi connectivity index (χ2v) is 5.73. The minimum atomic E-state index is -0.585. The zero-order chi connectivity index (χ0) is 15.5. The number of ether oxygens (including phenoxy) is 1. The number of carbonyl (C=O) groups excluding carboxylic acids is 1.